The smallest absolute Gasteiger partial charge is 0.439 e. The van der Waals surface area contributed by atoms with Crippen LogP contribution in [0.5, 0.6) is 0 Å². The van der Waals surface area contributed by atoms with Crippen molar-refractivity contribution in [3.8, 4) is 11.4 Å². The van der Waals surface area contributed by atoms with Crippen LogP contribution in [0.1, 0.15) is 18.2 Å². The van der Waals surface area contributed by atoms with Crippen molar-refractivity contribution in [2.75, 3.05) is 5.32 Å². The number of nitrogens with one attached hydrogen (secondary N) is 2. The summed E-state index contributed by atoms with van der Waals surface area (Å²) in [5.74, 6) is 0.223. The summed E-state index contributed by atoms with van der Waals surface area (Å²) >= 11 is 0. The van der Waals surface area contributed by atoms with Gasteiger partial charge >= 0.3 is 5.76 Å². The Morgan fingerprint density at radius 2 is 2.07 bits per heavy atom. The minimum absolute atomic E-state index is 0.280. The van der Waals surface area contributed by atoms with E-state index < -0.39 is 5.76 Å². The van der Waals surface area contributed by atoms with E-state index in [1.165, 1.54) is 6.08 Å². The zero-order valence-corrected chi connectivity index (χ0v) is 15.1. The molecule has 0 aliphatic rings. The standard InChI is InChI=1S/C21H17N3O4/c1-2-17-16(15-8-3-4-9-18(15)27-17)10-11-19(25)22-14-7-5-6-13(12-14)20-23-21(26)28-24-20/h3-12H,2H2,1H3,(H,22,25)(H,23,24,26)/b11-10+. The van der Waals surface area contributed by atoms with E-state index in [1.807, 2.05) is 31.2 Å². The molecule has 7 heteroatoms. The highest BCUT2D eigenvalue weighted by Crippen LogP contribution is 2.27. The van der Waals surface area contributed by atoms with Gasteiger partial charge in [-0.05, 0) is 24.3 Å². The summed E-state index contributed by atoms with van der Waals surface area (Å²) in [5, 5.41) is 7.42. The van der Waals surface area contributed by atoms with E-state index in [9.17, 15) is 9.59 Å². The van der Waals surface area contributed by atoms with Gasteiger partial charge in [0, 0.05) is 34.7 Å². The van der Waals surface area contributed by atoms with Gasteiger partial charge in [-0.3, -0.25) is 14.3 Å². The van der Waals surface area contributed by atoms with Gasteiger partial charge in [0.2, 0.25) is 5.91 Å². The summed E-state index contributed by atoms with van der Waals surface area (Å²) in [6.45, 7) is 2.01. The fourth-order valence-corrected chi connectivity index (χ4v) is 3.00. The lowest BCUT2D eigenvalue weighted by Gasteiger charge is -2.03. The van der Waals surface area contributed by atoms with Crippen molar-refractivity contribution in [2.24, 2.45) is 0 Å². The predicted octanol–water partition coefficient (Wildman–Crippen LogP) is 3.99. The highest BCUT2D eigenvalue weighted by Gasteiger charge is 2.10. The topological polar surface area (TPSA) is 101 Å². The molecule has 0 radical (unpaired) electrons. The molecule has 2 N–H and O–H groups in total. The Morgan fingerprint density at radius 3 is 2.86 bits per heavy atom. The highest BCUT2D eigenvalue weighted by atomic mass is 16.5. The maximum Gasteiger partial charge on any atom is 0.439 e. The fourth-order valence-electron chi connectivity index (χ4n) is 3.00. The third-order valence-corrected chi connectivity index (χ3v) is 4.28. The van der Waals surface area contributed by atoms with Crippen molar-refractivity contribution in [1.29, 1.82) is 0 Å². The number of hydrogen-bond donors (Lipinski definition) is 2. The Bertz CT molecular complexity index is 1230. The van der Waals surface area contributed by atoms with Crippen LogP contribution in [-0.2, 0) is 11.2 Å². The molecular formula is C21H17N3O4. The molecule has 0 aliphatic heterocycles. The molecule has 1 amide bonds. The molecule has 4 rings (SSSR count). The first-order valence-corrected chi connectivity index (χ1v) is 8.80. The first-order chi connectivity index (χ1) is 13.6. The van der Waals surface area contributed by atoms with Crippen LogP contribution in [0.15, 0.2) is 68.3 Å². The van der Waals surface area contributed by atoms with Gasteiger partial charge in [-0.25, -0.2) is 4.79 Å². The minimum Gasteiger partial charge on any atom is -0.460 e. The normalized spacial score (nSPS) is 11.3. The zero-order chi connectivity index (χ0) is 19.5. The molecular weight excluding hydrogens is 358 g/mol. The Balaban J connectivity index is 1.55. The quantitative estimate of drug-likeness (QED) is 0.514. The molecule has 0 atom stereocenters. The maximum absolute atomic E-state index is 12.4. The van der Waals surface area contributed by atoms with E-state index in [4.69, 9.17) is 4.42 Å². The number of benzene rings is 2. The van der Waals surface area contributed by atoms with E-state index in [2.05, 4.69) is 20.0 Å². The number of amides is 1. The number of nitrogens with zero attached hydrogens (tertiary/aromatic N) is 1. The van der Waals surface area contributed by atoms with Crippen LogP contribution in [-0.4, -0.2) is 16.0 Å². The monoisotopic (exact) mass is 375 g/mol. The van der Waals surface area contributed by atoms with E-state index in [0.717, 1.165) is 28.7 Å². The van der Waals surface area contributed by atoms with Gasteiger partial charge in [0.15, 0.2) is 5.82 Å². The molecule has 0 aliphatic carbocycles. The summed E-state index contributed by atoms with van der Waals surface area (Å²) in [6, 6.07) is 14.7. The number of furan rings is 1. The number of para-hydroxylation sites is 1. The molecule has 0 saturated heterocycles. The van der Waals surface area contributed by atoms with Gasteiger partial charge in [0.25, 0.3) is 0 Å². The van der Waals surface area contributed by atoms with Crippen molar-refractivity contribution >= 4 is 28.6 Å². The number of H-pyrrole nitrogens is 1. The molecule has 28 heavy (non-hydrogen) atoms. The van der Waals surface area contributed by atoms with Crippen LogP contribution in [0, 0.1) is 0 Å². The highest BCUT2D eigenvalue weighted by molar-refractivity contribution is 6.03. The summed E-state index contributed by atoms with van der Waals surface area (Å²) in [4.78, 5) is 25.9. The lowest BCUT2D eigenvalue weighted by Crippen LogP contribution is -2.07. The number of fused-ring (bicyclic) bond motifs is 1. The first-order valence-electron chi connectivity index (χ1n) is 8.80. The minimum atomic E-state index is -0.633. The van der Waals surface area contributed by atoms with Crippen LogP contribution >= 0.6 is 0 Å². The Kier molecular flexibility index (Phi) is 4.63. The molecule has 2 heterocycles. The van der Waals surface area contributed by atoms with E-state index >= 15 is 0 Å². The SMILES string of the molecule is CCc1oc2ccccc2c1/C=C/C(=O)Nc1cccc(-c2noc(=O)[nH]2)c1. The molecule has 0 bridgehead atoms. The number of aromatic amines is 1. The Hall–Kier alpha value is -3.87. The molecule has 140 valence electrons. The van der Waals surface area contributed by atoms with E-state index in [-0.39, 0.29) is 5.91 Å². The number of anilines is 1. The van der Waals surface area contributed by atoms with E-state index in [0.29, 0.717) is 17.1 Å². The maximum atomic E-state index is 12.4. The number of carbonyl (C=O) groups excluding carboxylic acids is 1. The Labute approximate surface area is 159 Å². The lowest BCUT2D eigenvalue weighted by atomic mass is 10.1. The number of rotatable bonds is 5. The number of aromatic nitrogens is 2. The summed E-state index contributed by atoms with van der Waals surface area (Å²) in [7, 11) is 0. The number of aryl methyl sites for hydroxylation is 1. The van der Waals surface area contributed by atoms with Crippen LogP contribution in [0.2, 0.25) is 0 Å². The molecule has 0 saturated carbocycles. The van der Waals surface area contributed by atoms with Gasteiger partial charge in [0.1, 0.15) is 11.3 Å². The largest absolute Gasteiger partial charge is 0.460 e. The average molecular weight is 375 g/mol. The third-order valence-electron chi connectivity index (χ3n) is 4.28. The van der Waals surface area contributed by atoms with Crippen molar-refractivity contribution in [3.63, 3.8) is 0 Å². The average Bonchev–Trinajstić information content (AvgIpc) is 3.30. The molecule has 7 nitrogen and oxygen atoms in total. The van der Waals surface area contributed by atoms with Crippen LogP contribution < -0.4 is 11.1 Å². The zero-order valence-electron chi connectivity index (χ0n) is 15.1. The van der Waals surface area contributed by atoms with Gasteiger partial charge < -0.3 is 9.73 Å². The first kappa shape index (κ1) is 17.5. The van der Waals surface area contributed by atoms with Gasteiger partial charge in [0.05, 0.1) is 0 Å². The summed E-state index contributed by atoms with van der Waals surface area (Å²) in [6.07, 6.45) is 3.97. The second kappa shape index (κ2) is 7.40. The second-order valence-corrected chi connectivity index (χ2v) is 6.14. The molecule has 0 unspecified atom stereocenters. The number of carbonyl (C=O) groups is 1. The van der Waals surface area contributed by atoms with Crippen molar-refractivity contribution in [2.45, 2.75) is 13.3 Å². The summed E-state index contributed by atoms with van der Waals surface area (Å²) in [5.41, 5.74) is 2.90. The molecule has 2 aromatic heterocycles. The van der Waals surface area contributed by atoms with Crippen LogP contribution in [0.25, 0.3) is 28.4 Å². The lowest BCUT2D eigenvalue weighted by molar-refractivity contribution is -0.111. The van der Waals surface area contributed by atoms with E-state index in [1.54, 1.807) is 30.3 Å². The summed E-state index contributed by atoms with van der Waals surface area (Å²) < 4.78 is 10.3. The fraction of sp³-hybridized carbons (Fsp3) is 0.0952. The van der Waals surface area contributed by atoms with Crippen LogP contribution in [0.4, 0.5) is 5.69 Å². The van der Waals surface area contributed by atoms with Gasteiger partial charge in [-0.2, -0.15) is 0 Å². The van der Waals surface area contributed by atoms with Gasteiger partial charge in [-0.15, -0.1) is 0 Å². The van der Waals surface area contributed by atoms with Crippen LogP contribution in [0.3, 0.4) is 0 Å². The van der Waals surface area contributed by atoms with Crippen molar-refractivity contribution in [3.05, 3.63) is 76.5 Å². The van der Waals surface area contributed by atoms with Crippen molar-refractivity contribution in [1.82, 2.24) is 10.1 Å². The molecule has 0 spiro atoms. The Morgan fingerprint density at radius 1 is 1.21 bits per heavy atom. The number of hydrogen-bond acceptors (Lipinski definition) is 5. The van der Waals surface area contributed by atoms with Crippen molar-refractivity contribution < 1.29 is 13.7 Å². The molecule has 0 fully saturated rings. The van der Waals surface area contributed by atoms with Gasteiger partial charge in [-0.1, -0.05) is 42.4 Å². The second-order valence-electron chi connectivity index (χ2n) is 6.14. The molecule has 2 aromatic carbocycles. The third kappa shape index (κ3) is 3.50. The predicted molar refractivity (Wildman–Crippen MR) is 106 cm³/mol. The molecule has 4 aromatic rings.